The second-order valence-electron chi connectivity index (χ2n) is 3.68. The summed E-state index contributed by atoms with van der Waals surface area (Å²) in [5.74, 6) is 0.592. The summed E-state index contributed by atoms with van der Waals surface area (Å²) in [6.45, 7) is 3.63. The minimum Gasteiger partial charge on any atom is -0.496 e. The van der Waals surface area contributed by atoms with Crippen molar-refractivity contribution in [2.24, 2.45) is 0 Å². The number of aryl methyl sites for hydroxylation is 1. The number of benzene rings is 1. The lowest BCUT2D eigenvalue weighted by Crippen LogP contribution is -2.07. The van der Waals surface area contributed by atoms with Gasteiger partial charge in [0.25, 0.3) is 0 Å². The van der Waals surface area contributed by atoms with Gasteiger partial charge in [0.1, 0.15) is 11.5 Å². The average Bonchev–Trinajstić information content (AvgIpc) is 2.28. The Balaban J connectivity index is 2.85. The van der Waals surface area contributed by atoms with Crippen LogP contribution in [0.3, 0.4) is 0 Å². The highest BCUT2D eigenvalue weighted by Gasteiger charge is 2.11. The molecule has 3 nitrogen and oxygen atoms in total. The summed E-state index contributed by atoms with van der Waals surface area (Å²) in [5, 5.41) is 0. The number of ether oxygens (including phenoxy) is 1. The fourth-order valence-electron chi connectivity index (χ4n) is 1.46. The van der Waals surface area contributed by atoms with Gasteiger partial charge >= 0.3 is 0 Å². The SMILES string of the molecule is CCC(=O)CC(=O)c1ccc(OC)c(C)c1. The Morgan fingerprint density at radius 3 is 2.50 bits per heavy atom. The fraction of sp³-hybridized carbons (Fsp3) is 0.385. The molecule has 0 aromatic heterocycles. The van der Waals surface area contributed by atoms with E-state index in [0.717, 1.165) is 11.3 Å². The lowest BCUT2D eigenvalue weighted by molar-refractivity contribution is -0.117. The van der Waals surface area contributed by atoms with E-state index in [1.165, 1.54) is 0 Å². The van der Waals surface area contributed by atoms with Crippen molar-refractivity contribution < 1.29 is 14.3 Å². The van der Waals surface area contributed by atoms with Crippen LogP contribution in [0.2, 0.25) is 0 Å². The third kappa shape index (κ3) is 2.92. The molecule has 0 atom stereocenters. The molecule has 0 aliphatic rings. The van der Waals surface area contributed by atoms with Crippen molar-refractivity contribution in [1.29, 1.82) is 0 Å². The van der Waals surface area contributed by atoms with E-state index in [1.54, 1.807) is 32.2 Å². The van der Waals surface area contributed by atoms with Gasteiger partial charge in [0.15, 0.2) is 5.78 Å². The van der Waals surface area contributed by atoms with E-state index >= 15 is 0 Å². The summed E-state index contributed by atoms with van der Waals surface area (Å²) in [7, 11) is 1.59. The third-order valence-corrected chi connectivity index (χ3v) is 2.47. The van der Waals surface area contributed by atoms with Crippen LogP contribution < -0.4 is 4.74 Å². The van der Waals surface area contributed by atoms with E-state index in [9.17, 15) is 9.59 Å². The van der Waals surface area contributed by atoms with Crippen LogP contribution in [0.15, 0.2) is 18.2 Å². The number of hydrogen-bond donors (Lipinski definition) is 0. The highest BCUT2D eigenvalue weighted by atomic mass is 16.5. The largest absolute Gasteiger partial charge is 0.496 e. The number of rotatable bonds is 5. The zero-order valence-electron chi connectivity index (χ0n) is 9.87. The molecule has 0 aliphatic carbocycles. The summed E-state index contributed by atoms with van der Waals surface area (Å²) in [6, 6.07) is 5.19. The molecular formula is C13H16O3. The van der Waals surface area contributed by atoms with Crippen molar-refractivity contribution in [3.63, 3.8) is 0 Å². The van der Waals surface area contributed by atoms with Crippen molar-refractivity contribution in [2.45, 2.75) is 26.7 Å². The molecule has 86 valence electrons. The van der Waals surface area contributed by atoms with Gasteiger partial charge in [0.05, 0.1) is 13.5 Å². The van der Waals surface area contributed by atoms with Crippen LogP contribution in [0.25, 0.3) is 0 Å². The molecule has 0 bridgehead atoms. The molecule has 0 amide bonds. The number of Topliss-reactive ketones (excluding diaryl/α,β-unsaturated/α-hetero) is 2. The molecule has 0 heterocycles. The summed E-state index contributed by atoms with van der Waals surface area (Å²) in [5.41, 5.74) is 1.47. The minimum atomic E-state index is -0.127. The summed E-state index contributed by atoms with van der Waals surface area (Å²) < 4.78 is 5.10. The first-order valence-electron chi connectivity index (χ1n) is 5.28. The third-order valence-electron chi connectivity index (χ3n) is 2.47. The molecule has 0 unspecified atom stereocenters. The lowest BCUT2D eigenvalue weighted by atomic mass is 10.0. The van der Waals surface area contributed by atoms with Crippen LogP contribution in [-0.2, 0) is 4.79 Å². The number of carbonyl (C=O) groups excluding carboxylic acids is 2. The molecule has 1 rings (SSSR count). The maximum Gasteiger partial charge on any atom is 0.170 e. The van der Waals surface area contributed by atoms with E-state index in [2.05, 4.69) is 0 Å². The number of methoxy groups -OCH3 is 1. The van der Waals surface area contributed by atoms with Gasteiger partial charge in [-0.2, -0.15) is 0 Å². The Hall–Kier alpha value is -1.64. The Morgan fingerprint density at radius 2 is 2.00 bits per heavy atom. The van der Waals surface area contributed by atoms with Crippen molar-refractivity contribution in [2.75, 3.05) is 7.11 Å². The zero-order valence-corrected chi connectivity index (χ0v) is 9.87. The number of carbonyl (C=O) groups is 2. The molecule has 0 N–H and O–H groups in total. The van der Waals surface area contributed by atoms with Gasteiger partial charge in [0, 0.05) is 12.0 Å². The summed E-state index contributed by atoms with van der Waals surface area (Å²) >= 11 is 0. The highest BCUT2D eigenvalue weighted by Crippen LogP contribution is 2.19. The second kappa shape index (κ2) is 5.45. The van der Waals surface area contributed by atoms with Gasteiger partial charge in [-0.1, -0.05) is 6.92 Å². The Kier molecular flexibility index (Phi) is 4.23. The zero-order chi connectivity index (χ0) is 12.1. The van der Waals surface area contributed by atoms with Crippen LogP contribution in [0, 0.1) is 6.92 Å². The maximum absolute atomic E-state index is 11.7. The van der Waals surface area contributed by atoms with E-state index in [-0.39, 0.29) is 18.0 Å². The molecule has 1 aromatic carbocycles. The molecule has 0 saturated carbocycles. The van der Waals surface area contributed by atoms with E-state index < -0.39 is 0 Å². The Morgan fingerprint density at radius 1 is 1.31 bits per heavy atom. The lowest BCUT2D eigenvalue weighted by Gasteiger charge is -2.06. The number of ketones is 2. The smallest absolute Gasteiger partial charge is 0.170 e. The molecule has 0 radical (unpaired) electrons. The fourth-order valence-corrected chi connectivity index (χ4v) is 1.46. The average molecular weight is 220 g/mol. The Bertz CT molecular complexity index is 408. The highest BCUT2D eigenvalue weighted by molar-refractivity contribution is 6.08. The van der Waals surface area contributed by atoms with Crippen molar-refractivity contribution >= 4 is 11.6 Å². The van der Waals surface area contributed by atoms with Crippen LogP contribution >= 0.6 is 0 Å². The van der Waals surface area contributed by atoms with Gasteiger partial charge < -0.3 is 4.74 Å². The van der Waals surface area contributed by atoms with Gasteiger partial charge in [-0.25, -0.2) is 0 Å². The molecule has 0 spiro atoms. The first kappa shape index (κ1) is 12.4. The van der Waals surface area contributed by atoms with Gasteiger partial charge in [-0.05, 0) is 30.7 Å². The second-order valence-corrected chi connectivity index (χ2v) is 3.68. The van der Waals surface area contributed by atoms with Crippen LogP contribution in [-0.4, -0.2) is 18.7 Å². The van der Waals surface area contributed by atoms with E-state index in [4.69, 9.17) is 4.74 Å². The first-order chi connectivity index (χ1) is 7.58. The number of hydrogen-bond acceptors (Lipinski definition) is 3. The molecule has 1 aromatic rings. The van der Waals surface area contributed by atoms with Gasteiger partial charge in [0.2, 0.25) is 0 Å². The summed E-state index contributed by atoms with van der Waals surface area (Å²) in [4.78, 5) is 22.9. The molecule has 0 fully saturated rings. The standard InChI is InChI=1S/C13H16O3/c1-4-11(14)8-12(15)10-5-6-13(16-3)9(2)7-10/h5-7H,4,8H2,1-3H3. The molecule has 0 aliphatic heterocycles. The van der Waals surface area contributed by atoms with Crippen molar-refractivity contribution in [1.82, 2.24) is 0 Å². The molecular weight excluding hydrogens is 204 g/mol. The normalized spacial score (nSPS) is 9.94. The van der Waals surface area contributed by atoms with Crippen LogP contribution in [0.5, 0.6) is 5.75 Å². The predicted octanol–water partition coefficient (Wildman–Crippen LogP) is 2.56. The molecule has 3 heteroatoms. The van der Waals surface area contributed by atoms with Crippen LogP contribution in [0.1, 0.15) is 35.7 Å². The van der Waals surface area contributed by atoms with E-state index in [1.807, 2.05) is 6.92 Å². The first-order valence-corrected chi connectivity index (χ1v) is 5.28. The van der Waals surface area contributed by atoms with Gasteiger partial charge in [-0.15, -0.1) is 0 Å². The van der Waals surface area contributed by atoms with E-state index in [0.29, 0.717) is 12.0 Å². The van der Waals surface area contributed by atoms with Crippen LogP contribution in [0.4, 0.5) is 0 Å². The van der Waals surface area contributed by atoms with Crippen molar-refractivity contribution in [3.05, 3.63) is 29.3 Å². The quantitative estimate of drug-likeness (QED) is 0.565. The molecule has 0 saturated heterocycles. The Labute approximate surface area is 95.4 Å². The van der Waals surface area contributed by atoms with Crippen molar-refractivity contribution in [3.8, 4) is 5.75 Å². The molecule has 16 heavy (non-hydrogen) atoms. The predicted molar refractivity (Wildman–Crippen MR) is 62.0 cm³/mol. The summed E-state index contributed by atoms with van der Waals surface area (Å²) in [6.07, 6.45) is 0.392. The minimum absolute atomic E-state index is 0.0116. The monoisotopic (exact) mass is 220 g/mol. The van der Waals surface area contributed by atoms with Gasteiger partial charge in [-0.3, -0.25) is 9.59 Å². The topological polar surface area (TPSA) is 43.4 Å². The maximum atomic E-state index is 11.7.